The Labute approximate surface area is 164 Å². The zero-order valence-electron chi connectivity index (χ0n) is 15.3. The molecule has 27 heavy (non-hydrogen) atoms. The number of benzene rings is 1. The Morgan fingerprint density at radius 1 is 1.33 bits per heavy atom. The van der Waals surface area contributed by atoms with Gasteiger partial charge >= 0.3 is 0 Å². The molecule has 1 atom stereocenters. The third-order valence-corrected chi connectivity index (χ3v) is 4.97. The summed E-state index contributed by atoms with van der Waals surface area (Å²) >= 11 is 6.30. The molecule has 0 bridgehead atoms. The molecule has 1 aliphatic rings. The number of aromatic nitrogens is 1. The molecule has 0 spiro atoms. The van der Waals surface area contributed by atoms with Gasteiger partial charge in [0.1, 0.15) is 5.82 Å². The predicted molar refractivity (Wildman–Crippen MR) is 105 cm³/mol. The van der Waals surface area contributed by atoms with Crippen LogP contribution in [0.2, 0.25) is 5.02 Å². The molecule has 0 aliphatic carbocycles. The zero-order valence-corrected chi connectivity index (χ0v) is 16.1. The van der Waals surface area contributed by atoms with Crippen molar-refractivity contribution in [1.29, 1.82) is 0 Å². The number of hydrogen-bond acceptors (Lipinski definition) is 5. The second kappa shape index (κ2) is 8.69. The first-order valence-electron chi connectivity index (χ1n) is 9.02. The Bertz CT molecular complexity index is 777. The Hall–Kier alpha value is -2.15. The first-order chi connectivity index (χ1) is 13.0. The lowest BCUT2D eigenvalue weighted by Gasteiger charge is -2.27. The molecular weight excluding hydrogens is 366 g/mol. The van der Waals surface area contributed by atoms with Gasteiger partial charge in [-0.2, -0.15) is 0 Å². The van der Waals surface area contributed by atoms with Gasteiger partial charge in [0.15, 0.2) is 0 Å². The Balaban J connectivity index is 1.59. The maximum atomic E-state index is 12.5. The molecule has 144 valence electrons. The first-order valence-corrected chi connectivity index (χ1v) is 9.39. The van der Waals surface area contributed by atoms with Gasteiger partial charge in [-0.15, -0.1) is 0 Å². The van der Waals surface area contributed by atoms with E-state index in [1.807, 2.05) is 30.3 Å². The molecule has 2 N–H and O–H groups in total. The fourth-order valence-corrected chi connectivity index (χ4v) is 3.23. The van der Waals surface area contributed by atoms with Crippen molar-refractivity contribution in [2.45, 2.75) is 18.9 Å². The number of ether oxygens (including phenoxy) is 1. The molecule has 7 heteroatoms. The molecule has 1 aliphatic heterocycles. The van der Waals surface area contributed by atoms with Crippen LogP contribution in [0.1, 0.15) is 29.3 Å². The highest BCUT2D eigenvalue weighted by atomic mass is 35.5. The molecule has 2 aromatic rings. The van der Waals surface area contributed by atoms with Gasteiger partial charge in [-0.3, -0.25) is 4.79 Å². The van der Waals surface area contributed by atoms with E-state index >= 15 is 0 Å². The van der Waals surface area contributed by atoms with E-state index in [-0.39, 0.29) is 5.91 Å². The van der Waals surface area contributed by atoms with Crippen LogP contribution in [0.5, 0.6) is 0 Å². The minimum atomic E-state index is -0.951. The maximum absolute atomic E-state index is 12.5. The zero-order chi connectivity index (χ0) is 19.3. The maximum Gasteiger partial charge on any atom is 0.255 e. The molecule has 0 saturated carbocycles. The van der Waals surface area contributed by atoms with Crippen LogP contribution in [-0.2, 0) is 10.3 Å². The smallest absolute Gasteiger partial charge is 0.255 e. The van der Waals surface area contributed by atoms with Crippen LogP contribution in [0, 0.1) is 0 Å². The molecular formula is C20H24ClN3O3. The van der Waals surface area contributed by atoms with Gasteiger partial charge in [-0.1, -0.05) is 41.9 Å². The second-order valence-electron chi connectivity index (χ2n) is 6.78. The lowest BCUT2D eigenvalue weighted by molar-refractivity contribution is 0.0302. The van der Waals surface area contributed by atoms with E-state index in [1.54, 1.807) is 17.9 Å². The third kappa shape index (κ3) is 4.97. The van der Waals surface area contributed by atoms with Crippen LogP contribution in [0.15, 0.2) is 42.6 Å². The summed E-state index contributed by atoms with van der Waals surface area (Å²) in [5.74, 6) is 0.408. The van der Waals surface area contributed by atoms with Gasteiger partial charge in [-0.05, 0) is 25.0 Å². The lowest BCUT2D eigenvalue weighted by Crippen LogP contribution is -2.40. The van der Waals surface area contributed by atoms with Crippen molar-refractivity contribution in [3.05, 3.63) is 58.7 Å². The molecule has 1 saturated heterocycles. The van der Waals surface area contributed by atoms with E-state index in [2.05, 4.69) is 10.3 Å². The van der Waals surface area contributed by atoms with Crippen molar-refractivity contribution >= 4 is 23.3 Å². The molecule has 0 radical (unpaired) electrons. The van der Waals surface area contributed by atoms with E-state index in [9.17, 15) is 9.90 Å². The molecule has 6 nitrogen and oxygen atoms in total. The van der Waals surface area contributed by atoms with Gasteiger partial charge < -0.3 is 20.1 Å². The minimum absolute atomic E-state index is 0.0914. The number of anilines is 1. The second-order valence-corrected chi connectivity index (χ2v) is 7.18. The first kappa shape index (κ1) is 19.6. The number of nitrogens with zero attached hydrogens (tertiary/aromatic N) is 2. The summed E-state index contributed by atoms with van der Waals surface area (Å²) in [5, 5.41) is 14.2. The van der Waals surface area contributed by atoms with Gasteiger partial charge in [0.25, 0.3) is 5.91 Å². The van der Waals surface area contributed by atoms with Crippen molar-refractivity contribution < 1.29 is 14.6 Å². The van der Waals surface area contributed by atoms with E-state index in [1.165, 1.54) is 6.20 Å². The summed E-state index contributed by atoms with van der Waals surface area (Å²) in [6, 6.07) is 11.2. The quantitative estimate of drug-likeness (QED) is 0.794. The summed E-state index contributed by atoms with van der Waals surface area (Å²) in [7, 11) is 0. The predicted octanol–water partition coefficient (Wildman–Crippen LogP) is 2.92. The number of amides is 1. The fourth-order valence-electron chi connectivity index (χ4n) is 3.00. The average Bonchev–Trinajstić information content (AvgIpc) is 2.70. The summed E-state index contributed by atoms with van der Waals surface area (Å²) in [6.45, 7) is 4.52. The summed E-state index contributed by atoms with van der Waals surface area (Å²) < 4.78 is 5.27. The van der Waals surface area contributed by atoms with Crippen molar-refractivity contribution in [2.24, 2.45) is 0 Å². The van der Waals surface area contributed by atoms with Gasteiger partial charge in [0.2, 0.25) is 0 Å². The van der Waals surface area contributed by atoms with E-state index in [0.29, 0.717) is 55.7 Å². The van der Waals surface area contributed by atoms with Crippen LogP contribution in [0.3, 0.4) is 0 Å². The number of aliphatic hydroxyl groups is 1. The number of carbonyl (C=O) groups is 1. The summed E-state index contributed by atoms with van der Waals surface area (Å²) in [4.78, 5) is 18.5. The number of halogens is 1. The fraction of sp³-hybridized carbons (Fsp3) is 0.400. The van der Waals surface area contributed by atoms with Gasteiger partial charge in [-0.25, -0.2) is 4.98 Å². The Kier molecular flexibility index (Phi) is 6.31. The molecule has 2 heterocycles. The highest BCUT2D eigenvalue weighted by Gasteiger charge is 2.23. The normalized spacial score (nSPS) is 16.6. The molecule has 1 aromatic heterocycles. The van der Waals surface area contributed by atoms with E-state index in [0.717, 1.165) is 5.56 Å². The SMILES string of the molecule is CC(O)(CCNc1ncc(C(=O)N2CCOCC2)cc1Cl)c1ccccc1. The average molecular weight is 390 g/mol. The van der Waals surface area contributed by atoms with Crippen LogP contribution >= 0.6 is 11.6 Å². The van der Waals surface area contributed by atoms with Crippen molar-refractivity contribution in [2.75, 3.05) is 38.2 Å². The van der Waals surface area contributed by atoms with Crippen LogP contribution in [0.25, 0.3) is 0 Å². The van der Waals surface area contributed by atoms with Gasteiger partial charge in [0.05, 0.1) is 29.4 Å². The number of carbonyl (C=O) groups excluding carboxylic acids is 1. The minimum Gasteiger partial charge on any atom is -0.385 e. The Morgan fingerprint density at radius 3 is 2.70 bits per heavy atom. The standard InChI is InChI=1S/C20H24ClN3O3/c1-20(26,16-5-3-2-4-6-16)7-8-22-18-17(21)13-15(14-23-18)19(25)24-9-11-27-12-10-24/h2-6,13-14,26H,7-12H2,1H3,(H,22,23). The summed E-state index contributed by atoms with van der Waals surface area (Å²) in [5.41, 5.74) is 0.369. The Morgan fingerprint density at radius 2 is 2.04 bits per heavy atom. The number of nitrogens with one attached hydrogen (secondary N) is 1. The van der Waals surface area contributed by atoms with Crippen molar-refractivity contribution in [3.8, 4) is 0 Å². The molecule has 3 rings (SSSR count). The van der Waals surface area contributed by atoms with Gasteiger partial charge in [0, 0.05) is 25.8 Å². The molecule has 1 unspecified atom stereocenters. The van der Waals surface area contributed by atoms with E-state index < -0.39 is 5.60 Å². The third-order valence-electron chi connectivity index (χ3n) is 4.69. The monoisotopic (exact) mass is 389 g/mol. The summed E-state index contributed by atoms with van der Waals surface area (Å²) in [6.07, 6.45) is 2.02. The molecule has 1 aromatic carbocycles. The van der Waals surface area contributed by atoms with Crippen molar-refractivity contribution in [1.82, 2.24) is 9.88 Å². The topological polar surface area (TPSA) is 74.7 Å². The highest BCUT2D eigenvalue weighted by molar-refractivity contribution is 6.33. The lowest BCUT2D eigenvalue weighted by atomic mass is 9.93. The van der Waals surface area contributed by atoms with Crippen LogP contribution in [-0.4, -0.2) is 53.7 Å². The molecule has 1 fully saturated rings. The number of pyridine rings is 1. The molecule has 1 amide bonds. The number of morpholine rings is 1. The largest absolute Gasteiger partial charge is 0.385 e. The van der Waals surface area contributed by atoms with Crippen LogP contribution in [0.4, 0.5) is 5.82 Å². The number of hydrogen-bond donors (Lipinski definition) is 2. The van der Waals surface area contributed by atoms with E-state index in [4.69, 9.17) is 16.3 Å². The van der Waals surface area contributed by atoms with Crippen LogP contribution < -0.4 is 5.32 Å². The highest BCUT2D eigenvalue weighted by Crippen LogP contribution is 2.25. The van der Waals surface area contributed by atoms with Crippen molar-refractivity contribution in [3.63, 3.8) is 0 Å². The number of rotatable bonds is 6.